The van der Waals surface area contributed by atoms with Gasteiger partial charge in [0.05, 0.1) is 21.9 Å². The maximum atomic E-state index is 12.1. The Labute approximate surface area is 113 Å². The molecule has 0 radical (unpaired) electrons. The highest BCUT2D eigenvalue weighted by atomic mass is 79.9. The molecule has 1 aliphatic rings. The van der Waals surface area contributed by atoms with Gasteiger partial charge in [0.2, 0.25) is 0 Å². The fourth-order valence-corrected chi connectivity index (χ4v) is 5.11. The second kappa shape index (κ2) is 5.33. The average Bonchev–Trinajstić information content (AvgIpc) is 2.59. The van der Waals surface area contributed by atoms with Crippen molar-refractivity contribution in [3.8, 4) is 0 Å². The molecule has 1 N–H and O–H groups in total. The summed E-state index contributed by atoms with van der Waals surface area (Å²) in [4.78, 5) is 3.69. The molecule has 0 amide bonds. The van der Waals surface area contributed by atoms with E-state index in [2.05, 4.69) is 20.8 Å². The number of nitrogens with zero attached hydrogens (tertiary/aromatic N) is 1. The molecule has 0 bridgehead atoms. The number of hydrogen-bond donors (Lipinski definition) is 1. The average molecular weight is 341 g/mol. The molecule has 0 aromatic carbocycles. The van der Waals surface area contributed by atoms with Gasteiger partial charge in [0.25, 0.3) is 10.0 Å². The molecule has 5 nitrogen and oxygen atoms in total. The van der Waals surface area contributed by atoms with Crippen molar-refractivity contribution in [2.24, 2.45) is 0 Å². The van der Waals surface area contributed by atoms with Crippen LogP contribution < -0.4 is 4.83 Å². The SMILES string of the molecule is Cc1sc(Br)cc1S(=O)(=O)NN1CCOCC1. The van der Waals surface area contributed by atoms with Crippen molar-refractivity contribution in [3.05, 3.63) is 14.7 Å². The van der Waals surface area contributed by atoms with E-state index in [1.165, 1.54) is 11.3 Å². The van der Waals surface area contributed by atoms with Crippen LogP contribution in [0.1, 0.15) is 4.88 Å². The fourth-order valence-electron chi connectivity index (χ4n) is 1.57. The van der Waals surface area contributed by atoms with Crippen molar-refractivity contribution in [1.29, 1.82) is 0 Å². The Morgan fingerprint density at radius 1 is 1.47 bits per heavy atom. The predicted molar refractivity (Wildman–Crippen MR) is 69.5 cm³/mol. The molecule has 0 atom stereocenters. The Morgan fingerprint density at radius 2 is 2.12 bits per heavy atom. The molecule has 0 unspecified atom stereocenters. The highest BCUT2D eigenvalue weighted by Crippen LogP contribution is 2.29. The number of ether oxygens (including phenoxy) is 1. The number of hydrazine groups is 1. The first-order chi connectivity index (χ1) is 7.99. The molecule has 0 saturated carbocycles. The minimum Gasteiger partial charge on any atom is -0.379 e. The van der Waals surface area contributed by atoms with Crippen molar-refractivity contribution in [3.63, 3.8) is 0 Å². The van der Waals surface area contributed by atoms with Crippen LogP contribution in [0.3, 0.4) is 0 Å². The second-order valence-corrected chi connectivity index (χ2v) is 7.93. The Hall–Kier alpha value is 0.01000. The Balaban J connectivity index is 2.15. The van der Waals surface area contributed by atoms with Gasteiger partial charge in [-0.25, -0.2) is 13.4 Å². The van der Waals surface area contributed by atoms with E-state index in [1.54, 1.807) is 18.0 Å². The molecule has 1 aliphatic heterocycles. The Kier molecular flexibility index (Phi) is 4.22. The first-order valence-electron chi connectivity index (χ1n) is 5.10. The van der Waals surface area contributed by atoms with Crippen LogP contribution in [0.15, 0.2) is 14.7 Å². The molecule has 1 aromatic heterocycles. The van der Waals surface area contributed by atoms with Gasteiger partial charge in [-0.05, 0) is 28.9 Å². The summed E-state index contributed by atoms with van der Waals surface area (Å²) in [6.07, 6.45) is 0. The van der Waals surface area contributed by atoms with Gasteiger partial charge in [-0.1, -0.05) is 0 Å². The maximum Gasteiger partial charge on any atom is 0.254 e. The monoisotopic (exact) mass is 340 g/mol. The zero-order chi connectivity index (χ0) is 12.5. The third-order valence-corrected chi connectivity index (χ3v) is 5.58. The number of hydrogen-bond acceptors (Lipinski definition) is 5. The molecule has 0 spiro atoms. The quantitative estimate of drug-likeness (QED) is 0.902. The van der Waals surface area contributed by atoms with Crippen LogP contribution in [0.5, 0.6) is 0 Å². The number of aryl methyl sites for hydroxylation is 1. The molecule has 8 heteroatoms. The van der Waals surface area contributed by atoms with E-state index in [0.29, 0.717) is 31.2 Å². The number of rotatable bonds is 3. The van der Waals surface area contributed by atoms with Gasteiger partial charge in [0.1, 0.15) is 0 Å². The number of morpholine rings is 1. The lowest BCUT2D eigenvalue weighted by molar-refractivity contribution is 0.0272. The number of thiophene rings is 1. The minimum absolute atomic E-state index is 0.334. The first kappa shape index (κ1) is 13.4. The normalized spacial score (nSPS) is 18.5. The van der Waals surface area contributed by atoms with Crippen LogP contribution >= 0.6 is 27.3 Å². The molecule has 1 saturated heterocycles. The number of nitrogens with one attached hydrogen (secondary N) is 1. The zero-order valence-corrected chi connectivity index (χ0v) is 12.5. The van der Waals surface area contributed by atoms with Gasteiger partial charge >= 0.3 is 0 Å². The summed E-state index contributed by atoms with van der Waals surface area (Å²) >= 11 is 4.71. The second-order valence-electron chi connectivity index (χ2n) is 3.67. The van der Waals surface area contributed by atoms with E-state index in [9.17, 15) is 8.42 Å². The number of halogens is 1. The zero-order valence-electron chi connectivity index (χ0n) is 9.27. The summed E-state index contributed by atoms with van der Waals surface area (Å²) in [5.41, 5.74) is 0. The van der Waals surface area contributed by atoms with E-state index in [0.717, 1.165) is 8.66 Å². The summed E-state index contributed by atoms with van der Waals surface area (Å²) < 4.78 is 30.2. The lowest BCUT2D eigenvalue weighted by Crippen LogP contribution is -2.48. The standard InChI is InChI=1S/C9H13BrN2O3S2/c1-7-8(6-9(10)16-7)17(13,14)11-12-2-4-15-5-3-12/h6,11H,2-5H2,1H3. The first-order valence-corrected chi connectivity index (χ1v) is 8.19. The maximum absolute atomic E-state index is 12.1. The summed E-state index contributed by atoms with van der Waals surface area (Å²) in [6.45, 7) is 4.04. The number of sulfonamides is 1. The van der Waals surface area contributed by atoms with Crippen LogP contribution in [0.2, 0.25) is 0 Å². The molecule has 2 rings (SSSR count). The van der Waals surface area contributed by atoms with E-state index in [1.807, 2.05) is 0 Å². The Bertz CT molecular complexity index is 494. The van der Waals surface area contributed by atoms with Crippen molar-refractivity contribution in [2.75, 3.05) is 26.3 Å². The van der Waals surface area contributed by atoms with Gasteiger partial charge in [-0.2, -0.15) is 0 Å². The van der Waals surface area contributed by atoms with Crippen LogP contribution in [0.4, 0.5) is 0 Å². The van der Waals surface area contributed by atoms with E-state index in [-0.39, 0.29) is 0 Å². The molecule has 96 valence electrons. The van der Waals surface area contributed by atoms with Gasteiger partial charge in [-0.15, -0.1) is 16.2 Å². The largest absolute Gasteiger partial charge is 0.379 e. The van der Waals surface area contributed by atoms with Crippen LogP contribution in [-0.2, 0) is 14.8 Å². The molecule has 17 heavy (non-hydrogen) atoms. The summed E-state index contributed by atoms with van der Waals surface area (Å²) in [6, 6.07) is 1.63. The lowest BCUT2D eigenvalue weighted by Gasteiger charge is -2.26. The highest BCUT2D eigenvalue weighted by Gasteiger charge is 2.23. The lowest BCUT2D eigenvalue weighted by atomic mass is 10.5. The van der Waals surface area contributed by atoms with E-state index < -0.39 is 10.0 Å². The van der Waals surface area contributed by atoms with Gasteiger partial charge in [-0.3, -0.25) is 0 Å². The van der Waals surface area contributed by atoms with Crippen molar-refractivity contribution in [1.82, 2.24) is 9.84 Å². The smallest absolute Gasteiger partial charge is 0.254 e. The molecule has 1 fully saturated rings. The van der Waals surface area contributed by atoms with E-state index >= 15 is 0 Å². The third kappa shape index (κ3) is 3.27. The summed E-state index contributed by atoms with van der Waals surface area (Å²) in [5, 5.41) is 1.67. The highest BCUT2D eigenvalue weighted by molar-refractivity contribution is 9.11. The van der Waals surface area contributed by atoms with Gasteiger partial charge in [0.15, 0.2) is 0 Å². The van der Waals surface area contributed by atoms with Crippen molar-refractivity contribution in [2.45, 2.75) is 11.8 Å². The van der Waals surface area contributed by atoms with E-state index in [4.69, 9.17) is 4.74 Å². The fraction of sp³-hybridized carbons (Fsp3) is 0.556. The minimum atomic E-state index is -3.47. The summed E-state index contributed by atoms with van der Waals surface area (Å²) in [7, 11) is -3.47. The van der Waals surface area contributed by atoms with Gasteiger partial charge in [0, 0.05) is 18.0 Å². The molecular formula is C9H13BrN2O3S2. The third-order valence-electron chi connectivity index (χ3n) is 2.39. The topological polar surface area (TPSA) is 58.6 Å². The van der Waals surface area contributed by atoms with Crippen molar-refractivity contribution < 1.29 is 13.2 Å². The Morgan fingerprint density at radius 3 is 2.65 bits per heavy atom. The molecular weight excluding hydrogens is 328 g/mol. The van der Waals surface area contributed by atoms with Crippen LogP contribution in [0.25, 0.3) is 0 Å². The van der Waals surface area contributed by atoms with Gasteiger partial charge < -0.3 is 4.74 Å². The predicted octanol–water partition coefficient (Wildman–Crippen LogP) is 1.34. The van der Waals surface area contributed by atoms with Crippen LogP contribution in [-0.4, -0.2) is 39.7 Å². The van der Waals surface area contributed by atoms with Crippen molar-refractivity contribution >= 4 is 37.3 Å². The molecule has 0 aliphatic carbocycles. The summed E-state index contributed by atoms with van der Waals surface area (Å²) in [5.74, 6) is 0. The van der Waals surface area contributed by atoms with Crippen LogP contribution in [0, 0.1) is 6.92 Å². The molecule has 2 heterocycles. The molecule has 1 aromatic rings.